The Hall–Kier alpha value is -9.26. The number of nitrogens with two attached hydrogens (primary N) is 2. The predicted octanol–water partition coefficient (Wildman–Crippen LogP) is 15.8. The molecule has 11 rings (SSSR count). The Morgan fingerprint density at radius 3 is 1.42 bits per heavy atom. The van der Waals surface area contributed by atoms with Crippen molar-refractivity contribution in [2.24, 2.45) is 0 Å². The van der Waals surface area contributed by atoms with E-state index in [1.807, 2.05) is 113 Å². The lowest BCUT2D eigenvalue weighted by Gasteiger charge is -2.32. The Balaban J connectivity index is 0.000000178. The summed E-state index contributed by atoms with van der Waals surface area (Å²) in [5, 5.41) is 6.98. The Labute approximate surface area is 489 Å². The molecule has 444 valence electrons. The topological polar surface area (TPSA) is 189 Å². The molecule has 0 radical (unpaired) electrons. The van der Waals surface area contributed by atoms with Gasteiger partial charge in [0.1, 0.15) is 18.2 Å². The molecule has 6 N–H and O–H groups in total. The van der Waals surface area contributed by atoms with E-state index in [9.17, 15) is 47.9 Å². The van der Waals surface area contributed by atoms with Gasteiger partial charge in [-0.25, -0.2) is 19.9 Å². The van der Waals surface area contributed by atoms with Gasteiger partial charge >= 0.3 is 35.1 Å². The fourth-order valence-electron chi connectivity index (χ4n) is 8.78. The van der Waals surface area contributed by atoms with Crippen LogP contribution in [-0.4, -0.2) is 52.2 Å². The molecule has 0 spiro atoms. The smallest absolute Gasteiger partial charge is 0.399 e. The number of rotatable bonds is 10. The number of hydrogen-bond donors (Lipinski definition) is 4. The molecular formula is C62H54BF9N8O5S. The fourth-order valence-corrected chi connectivity index (χ4v) is 9.24. The standard InChI is InChI=1S/C27H19F3N4.C22H13F6N3O3S.C12H18BNO2.CH4/c28-27(29,30)21-6-3-9-24(14-21)34-23-8-2-4-17(12-23)19-10-20-15-32-16-33-26(20)25(13-19)18-5-1-7-22(31)11-18;23-21(24,25)16-4-2-6-18(10-16)31-17-5-1-3-13(8-17)14-7-15-11-29-12-30-20(15)19(9-14)34-35(32,33)22(26,27)28;1-11(2)12(3,4)16-13(15-11)9-6-5-7-10(14)8-9;/h1-16,34H,31H2;1-12,31H;5-8H,14H2,1-4H3;1H4. The van der Waals surface area contributed by atoms with Gasteiger partial charge in [-0.15, -0.1) is 0 Å². The van der Waals surface area contributed by atoms with Gasteiger partial charge in [-0.1, -0.05) is 68.1 Å². The lowest BCUT2D eigenvalue weighted by molar-refractivity contribution is -0.138. The Bertz CT molecular complexity index is 4170. The second-order valence-electron chi connectivity index (χ2n) is 20.4. The van der Waals surface area contributed by atoms with Crippen molar-refractivity contribution in [1.82, 2.24) is 19.9 Å². The molecule has 1 fully saturated rings. The minimum Gasteiger partial charge on any atom is -0.399 e. The molecule has 1 saturated heterocycles. The average Bonchev–Trinajstić information content (AvgIpc) is 2.39. The molecule has 86 heavy (non-hydrogen) atoms. The van der Waals surface area contributed by atoms with Gasteiger partial charge in [0.15, 0.2) is 5.75 Å². The third-order valence-electron chi connectivity index (χ3n) is 13.6. The van der Waals surface area contributed by atoms with Crippen LogP contribution in [0.3, 0.4) is 0 Å². The summed E-state index contributed by atoms with van der Waals surface area (Å²) in [4.78, 5) is 16.2. The Morgan fingerprint density at radius 1 is 0.500 bits per heavy atom. The fraction of sp³-hybridized carbons (Fsp3) is 0.161. The summed E-state index contributed by atoms with van der Waals surface area (Å²) in [5.74, 6) is -0.659. The number of aromatic nitrogens is 4. The molecule has 0 saturated carbocycles. The number of halogens is 9. The van der Waals surface area contributed by atoms with E-state index in [-0.39, 0.29) is 47.9 Å². The van der Waals surface area contributed by atoms with E-state index in [1.54, 1.807) is 30.5 Å². The normalized spacial score (nSPS) is 13.8. The van der Waals surface area contributed by atoms with E-state index in [2.05, 4.69) is 34.8 Å². The summed E-state index contributed by atoms with van der Waals surface area (Å²) < 4.78 is 156. The molecule has 0 aliphatic carbocycles. The monoisotopic (exact) mass is 1200 g/mol. The molecule has 2 aromatic heterocycles. The SMILES string of the molecule is C.CC1(C)OB(c2cccc(N)c2)OC1(C)C.Nc1cccc(-c2cc(-c3cccc(Nc4cccc(C(F)(F)F)c4)c3)cc3cncnc23)c1.O=S(=O)(Oc1cc(-c2cccc(Nc3cccc(C(F)(F)F)c3)c2)cc2cncnc12)C(F)(F)F. The first-order valence-electron chi connectivity index (χ1n) is 25.7. The van der Waals surface area contributed by atoms with Gasteiger partial charge in [0.25, 0.3) is 0 Å². The molecule has 10 aromatic rings. The predicted molar refractivity (Wildman–Crippen MR) is 318 cm³/mol. The minimum atomic E-state index is -5.97. The first kappa shape index (κ1) is 62.8. The largest absolute Gasteiger partial charge is 0.534 e. The van der Waals surface area contributed by atoms with Crippen molar-refractivity contribution in [2.75, 3.05) is 22.1 Å². The number of alkyl halides is 9. The molecule has 0 unspecified atom stereocenters. The summed E-state index contributed by atoms with van der Waals surface area (Å²) in [6.07, 6.45) is -3.37. The van der Waals surface area contributed by atoms with Crippen molar-refractivity contribution in [1.29, 1.82) is 0 Å². The summed E-state index contributed by atoms with van der Waals surface area (Å²) in [6, 6.07) is 45.2. The van der Waals surface area contributed by atoms with E-state index < -0.39 is 44.9 Å². The van der Waals surface area contributed by atoms with Crippen molar-refractivity contribution >= 4 is 78.6 Å². The summed E-state index contributed by atoms with van der Waals surface area (Å²) in [5.41, 5.74) is 12.8. The molecule has 13 nitrogen and oxygen atoms in total. The van der Waals surface area contributed by atoms with Crippen LogP contribution in [0, 0.1) is 0 Å². The van der Waals surface area contributed by atoms with Crippen LogP contribution in [0.5, 0.6) is 5.75 Å². The van der Waals surface area contributed by atoms with Gasteiger partial charge in [0, 0.05) is 62.9 Å². The quantitative estimate of drug-likeness (QED) is 0.0333. The van der Waals surface area contributed by atoms with E-state index in [4.69, 9.17) is 20.8 Å². The zero-order chi connectivity index (χ0) is 61.1. The van der Waals surface area contributed by atoms with Crippen molar-refractivity contribution in [3.8, 4) is 39.1 Å². The summed E-state index contributed by atoms with van der Waals surface area (Å²) >= 11 is 0. The van der Waals surface area contributed by atoms with Crippen LogP contribution >= 0.6 is 0 Å². The first-order valence-corrected chi connectivity index (χ1v) is 27.1. The van der Waals surface area contributed by atoms with Crippen LogP contribution in [0.15, 0.2) is 195 Å². The highest BCUT2D eigenvalue weighted by atomic mass is 32.2. The number of fused-ring (bicyclic) bond motifs is 2. The molecule has 24 heteroatoms. The molecule has 1 aliphatic heterocycles. The highest BCUT2D eigenvalue weighted by Crippen LogP contribution is 2.40. The van der Waals surface area contributed by atoms with Crippen LogP contribution in [0.25, 0.3) is 55.2 Å². The van der Waals surface area contributed by atoms with Gasteiger partial charge in [-0.2, -0.15) is 47.9 Å². The van der Waals surface area contributed by atoms with Gasteiger partial charge in [0.2, 0.25) is 0 Å². The van der Waals surface area contributed by atoms with Crippen LogP contribution in [0.4, 0.5) is 73.6 Å². The minimum absolute atomic E-state index is 0. The van der Waals surface area contributed by atoms with Crippen LogP contribution in [-0.2, 0) is 31.8 Å². The number of nitrogens with one attached hydrogen (secondary N) is 2. The number of nitrogens with zero attached hydrogens (tertiary/aromatic N) is 4. The maximum Gasteiger partial charge on any atom is 0.534 e. The van der Waals surface area contributed by atoms with E-state index in [0.29, 0.717) is 28.3 Å². The number of benzene rings is 8. The highest BCUT2D eigenvalue weighted by Gasteiger charge is 2.52. The van der Waals surface area contributed by atoms with Crippen molar-refractivity contribution in [3.63, 3.8) is 0 Å². The lowest BCUT2D eigenvalue weighted by atomic mass is 9.79. The molecular weight excluding hydrogens is 1150 g/mol. The lowest BCUT2D eigenvalue weighted by Crippen LogP contribution is -2.41. The molecule has 8 aromatic carbocycles. The molecule has 3 heterocycles. The third-order valence-corrected chi connectivity index (χ3v) is 14.6. The van der Waals surface area contributed by atoms with Crippen molar-refractivity contribution < 1.29 is 61.4 Å². The first-order chi connectivity index (χ1) is 40.0. The van der Waals surface area contributed by atoms with Crippen LogP contribution in [0.1, 0.15) is 46.2 Å². The van der Waals surface area contributed by atoms with Crippen LogP contribution in [0.2, 0.25) is 0 Å². The van der Waals surface area contributed by atoms with Crippen molar-refractivity contribution in [2.45, 2.75) is 64.2 Å². The third kappa shape index (κ3) is 14.8. The Kier molecular flexibility index (Phi) is 18.1. The zero-order valence-corrected chi connectivity index (χ0v) is 46.2. The van der Waals surface area contributed by atoms with Gasteiger partial charge in [0.05, 0.1) is 27.8 Å². The maximum absolute atomic E-state index is 13.1. The van der Waals surface area contributed by atoms with Crippen LogP contribution < -0.4 is 31.7 Å². The molecule has 0 atom stereocenters. The molecule has 0 amide bonds. The van der Waals surface area contributed by atoms with Gasteiger partial charge in [-0.3, -0.25) is 0 Å². The van der Waals surface area contributed by atoms with E-state index in [0.717, 1.165) is 81.0 Å². The van der Waals surface area contributed by atoms with E-state index >= 15 is 0 Å². The molecule has 0 bridgehead atoms. The highest BCUT2D eigenvalue weighted by molar-refractivity contribution is 7.88. The number of nitrogen functional groups attached to an aromatic ring is 2. The second-order valence-corrected chi connectivity index (χ2v) is 21.9. The van der Waals surface area contributed by atoms with Gasteiger partial charge < -0.3 is 35.6 Å². The Morgan fingerprint density at radius 2 is 0.930 bits per heavy atom. The average molecular weight is 1210 g/mol. The maximum atomic E-state index is 13.1. The van der Waals surface area contributed by atoms with Gasteiger partial charge in [-0.05, 0) is 170 Å². The molecule has 1 aliphatic rings. The zero-order valence-electron chi connectivity index (χ0n) is 45.3. The number of anilines is 6. The summed E-state index contributed by atoms with van der Waals surface area (Å²) in [6.45, 7) is 8.16. The van der Waals surface area contributed by atoms with Crippen molar-refractivity contribution in [3.05, 3.63) is 206 Å². The van der Waals surface area contributed by atoms with E-state index in [1.165, 1.54) is 42.9 Å². The second kappa shape index (κ2) is 24.8. The number of hydrogen-bond acceptors (Lipinski definition) is 13. The summed E-state index contributed by atoms with van der Waals surface area (Å²) in [7, 11) is -6.30.